The van der Waals surface area contributed by atoms with Crippen molar-refractivity contribution in [2.45, 2.75) is 57.1 Å². The van der Waals surface area contributed by atoms with Crippen LogP contribution < -0.4 is 10.6 Å². The molecule has 114 valence electrons. The summed E-state index contributed by atoms with van der Waals surface area (Å²) in [4.78, 5) is 22.5. The highest BCUT2D eigenvalue weighted by atomic mass is 16.4. The molecule has 0 radical (unpaired) electrons. The molecular formula is C14H24N2O4. The minimum absolute atomic E-state index is 0.0476. The van der Waals surface area contributed by atoms with Crippen molar-refractivity contribution < 1.29 is 19.8 Å². The molecule has 2 aliphatic carbocycles. The first-order chi connectivity index (χ1) is 9.56. The first kappa shape index (κ1) is 15.1. The number of aliphatic hydroxyl groups is 1. The van der Waals surface area contributed by atoms with Crippen LogP contribution in [0, 0.1) is 11.8 Å². The van der Waals surface area contributed by atoms with Gasteiger partial charge in [-0.3, -0.25) is 4.79 Å². The first-order valence-corrected chi connectivity index (χ1v) is 7.51. The van der Waals surface area contributed by atoms with Crippen LogP contribution in [0.15, 0.2) is 0 Å². The first-order valence-electron chi connectivity index (χ1n) is 7.51. The molecule has 0 aromatic carbocycles. The van der Waals surface area contributed by atoms with Crippen LogP contribution in [-0.2, 0) is 4.79 Å². The standard InChI is InChI=1S/C14H24N2O4/c17-12(9-2-1-3-9)8-15-14(20)16-11-6-4-10(5-7-11)13(18)19/h9-12,17H,1-8H2,(H,18,19)(H2,15,16,20). The minimum atomic E-state index is -0.739. The molecule has 2 aliphatic rings. The summed E-state index contributed by atoms with van der Waals surface area (Å²) in [6.07, 6.45) is 5.45. The number of carbonyl (C=O) groups excluding carboxylic acids is 1. The van der Waals surface area contributed by atoms with Gasteiger partial charge in [0.2, 0.25) is 0 Å². The smallest absolute Gasteiger partial charge is 0.315 e. The number of aliphatic hydroxyl groups excluding tert-OH is 1. The molecule has 2 rings (SSSR count). The molecule has 6 nitrogen and oxygen atoms in total. The molecule has 20 heavy (non-hydrogen) atoms. The van der Waals surface area contributed by atoms with Crippen LogP contribution in [0.5, 0.6) is 0 Å². The van der Waals surface area contributed by atoms with Crippen LogP contribution in [0.25, 0.3) is 0 Å². The van der Waals surface area contributed by atoms with Crippen LogP contribution in [0.4, 0.5) is 4.79 Å². The zero-order valence-electron chi connectivity index (χ0n) is 11.7. The average molecular weight is 284 g/mol. The Morgan fingerprint density at radius 2 is 1.75 bits per heavy atom. The number of nitrogens with one attached hydrogen (secondary N) is 2. The van der Waals surface area contributed by atoms with Gasteiger partial charge in [0, 0.05) is 12.6 Å². The Hall–Kier alpha value is -1.30. The number of amides is 2. The van der Waals surface area contributed by atoms with Gasteiger partial charge in [-0.15, -0.1) is 0 Å². The van der Waals surface area contributed by atoms with Crippen LogP contribution in [0.2, 0.25) is 0 Å². The normalized spacial score (nSPS) is 28.2. The van der Waals surface area contributed by atoms with E-state index in [1.807, 2.05) is 0 Å². The third-order valence-corrected chi connectivity index (χ3v) is 4.58. The molecule has 6 heteroatoms. The van der Waals surface area contributed by atoms with E-state index >= 15 is 0 Å². The molecule has 0 saturated heterocycles. The second-order valence-corrected chi connectivity index (χ2v) is 6.00. The fourth-order valence-corrected chi connectivity index (χ4v) is 2.91. The molecule has 0 bridgehead atoms. The topological polar surface area (TPSA) is 98.7 Å². The van der Waals surface area contributed by atoms with Gasteiger partial charge in [0.25, 0.3) is 0 Å². The Morgan fingerprint density at radius 3 is 2.25 bits per heavy atom. The van der Waals surface area contributed by atoms with Gasteiger partial charge >= 0.3 is 12.0 Å². The van der Waals surface area contributed by atoms with E-state index in [1.54, 1.807) is 0 Å². The molecule has 2 fully saturated rings. The maximum Gasteiger partial charge on any atom is 0.315 e. The number of hydrogen-bond acceptors (Lipinski definition) is 3. The Bertz CT molecular complexity index is 349. The van der Waals surface area contributed by atoms with E-state index in [0.29, 0.717) is 38.1 Å². The molecule has 2 amide bonds. The van der Waals surface area contributed by atoms with Gasteiger partial charge in [-0.2, -0.15) is 0 Å². The Morgan fingerprint density at radius 1 is 1.10 bits per heavy atom. The van der Waals surface area contributed by atoms with Crippen molar-refractivity contribution in [1.82, 2.24) is 10.6 Å². The van der Waals surface area contributed by atoms with Gasteiger partial charge in [-0.05, 0) is 44.4 Å². The van der Waals surface area contributed by atoms with Crippen LogP contribution in [-0.4, -0.2) is 40.9 Å². The monoisotopic (exact) mass is 284 g/mol. The lowest BCUT2D eigenvalue weighted by Crippen LogP contribution is -2.47. The molecule has 2 saturated carbocycles. The lowest BCUT2D eigenvalue weighted by Gasteiger charge is -2.31. The minimum Gasteiger partial charge on any atom is -0.481 e. The summed E-state index contributed by atoms with van der Waals surface area (Å²) >= 11 is 0. The van der Waals surface area contributed by atoms with E-state index in [4.69, 9.17) is 5.11 Å². The van der Waals surface area contributed by atoms with Gasteiger partial charge in [-0.25, -0.2) is 4.79 Å². The number of carboxylic acid groups (broad SMARTS) is 1. The van der Waals surface area contributed by atoms with Gasteiger partial charge in [0.05, 0.1) is 12.0 Å². The summed E-state index contributed by atoms with van der Waals surface area (Å²) in [5.74, 6) is -0.672. The number of aliphatic carboxylic acids is 1. The number of carbonyl (C=O) groups is 2. The lowest BCUT2D eigenvalue weighted by molar-refractivity contribution is -0.142. The van der Waals surface area contributed by atoms with E-state index in [1.165, 1.54) is 6.42 Å². The zero-order valence-corrected chi connectivity index (χ0v) is 11.7. The average Bonchev–Trinajstić information content (AvgIpc) is 2.35. The Balaban J connectivity index is 1.61. The fraction of sp³-hybridized carbons (Fsp3) is 0.857. The summed E-state index contributed by atoms with van der Waals surface area (Å²) in [5.41, 5.74) is 0. The van der Waals surface area contributed by atoms with Crippen molar-refractivity contribution in [2.75, 3.05) is 6.54 Å². The highest BCUT2D eigenvalue weighted by Crippen LogP contribution is 2.29. The van der Waals surface area contributed by atoms with Crippen LogP contribution in [0.3, 0.4) is 0 Å². The van der Waals surface area contributed by atoms with E-state index in [9.17, 15) is 14.7 Å². The summed E-state index contributed by atoms with van der Waals surface area (Å²) in [6.45, 7) is 0.293. The highest BCUT2D eigenvalue weighted by molar-refractivity contribution is 5.74. The van der Waals surface area contributed by atoms with Crippen molar-refractivity contribution in [1.29, 1.82) is 0 Å². The van der Waals surface area contributed by atoms with Crippen LogP contribution >= 0.6 is 0 Å². The predicted octanol–water partition coefficient (Wildman–Crippen LogP) is 1.09. The molecule has 0 heterocycles. The lowest BCUT2D eigenvalue weighted by atomic mass is 9.81. The molecule has 4 N–H and O–H groups in total. The molecule has 0 spiro atoms. The highest BCUT2D eigenvalue weighted by Gasteiger charge is 2.28. The SMILES string of the molecule is O=C(NCC(O)C1CCC1)NC1CCC(C(=O)O)CC1. The van der Waals surface area contributed by atoms with Crippen LogP contribution in [0.1, 0.15) is 44.9 Å². The Labute approximate surface area is 118 Å². The molecule has 0 aromatic rings. The molecule has 1 atom stereocenters. The van der Waals surface area contributed by atoms with Crippen molar-refractivity contribution >= 4 is 12.0 Å². The number of urea groups is 1. The fourth-order valence-electron chi connectivity index (χ4n) is 2.91. The summed E-state index contributed by atoms with van der Waals surface area (Å²) in [6, 6.07) is -0.214. The zero-order chi connectivity index (χ0) is 14.5. The molecular weight excluding hydrogens is 260 g/mol. The van der Waals surface area contributed by atoms with Crippen molar-refractivity contribution in [2.24, 2.45) is 11.8 Å². The second kappa shape index (κ2) is 6.92. The molecule has 0 aromatic heterocycles. The van der Waals surface area contributed by atoms with Crippen molar-refractivity contribution in [3.8, 4) is 0 Å². The molecule has 1 unspecified atom stereocenters. The van der Waals surface area contributed by atoms with Gasteiger partial charge in [0.1, 0.15) is 0 Å². The number of hydrogen-bond donors (Lipinski definition) is 4. The third kappa shape index (κ3) is 4.10. The summed E-state index contributed by atoms with van der Waals surface area (Å²) in [5, 5.41) is 24.3. The van der Waals surface area contributed by atoms with E-state index < -0.39 is 12.1 Å². The predicted molar refractivity (Wildman–Crippen MR) is 73.3 cm³/mol. The number of rotatable bonds is 5. The van der Waals surface area contributed by atoms with E-state index in [2.05, 4.69) is 10.6 Å². The van der Waals surface area contributed by atoms with Crippen molar-refractivity contribution in [3.63, 3.8) is 0 Å². The third-order valence-electron chi connectivity index (χ3n) is 4.58. The summed E-state index contributed by atoms with van der Waals surface area (Å²) < 4.78 is 0. The quantitative estimate of drug-likeness (QED) is 0.607. The van der Waals surface area contributed by atoms with E-state index in [0.717, 1.165) is 12.8 Å². The maximum absolute atomic E-state index is 11.7. The maximum atomic E-state index is 11.7. The summed E-state index contributed by atoms with van der Waals surface area (Å²) in [7, 11) is 0. The Kier molecular flexibility index (Phi) is 5.23. The largest absolute Gasteiger partial charge is 0.481 e. The van der Waals surface area contributed by atoms with Gasteiger partial charge < -0.3 is 20.8 Å². The van der Waals surface area contributed by atoms with E-state index in [-0.39, 0.29) is 18.0 Å². The van der Waals surface area contributed by atoms with Gasteiger partial charge in [-0.1, -0.05) is 6.42 Å². The van der Waals surface area contributed by atoms with Gasteiger partial charge in [0.15, 0.2) is 0 Å². The number of carboxylic acids is 1. The molecule has 0 aliphatic heterocycles. The second-order valence-electron chi connectivity index (χ2n) is 6.00. The van der Waals surface area contributed by atoms with Crippen molar-refractivity contribution in [3.05, 3.63) is 0 Å².